The Hall–Kier alpha value is -2.05. The van der Waals surface area contributed by atoms with Crippen LogP contribution in [-0.2, 0) is 0 Å². The maximum Gasteiger partial charge on any atom is 0.145 e. The summed E-state index contributed by atoms with van der Waals surface area (Å²) in [5.41, 5.74) is 0.849. The van der Waals surface area contributed by atoms with E-state index in [1.807, 2.05) is 6.07 Å². The van der Waals surface area contributed by atoms with Gasteiger partial charge in [-0.05, 0) is 36.8 Å². The standard InChI is InChI=1S/C14H9ClFNO/c1-9-2-4-12(7-13(9)16)18-14-5-3-11(15)6-10(14)8-17/h2-7H,1H3. The zero-order valence-electron chi connectivity index (χ0n) is 9.58. The number of benzene rings is 2. The number of nitrogens with zero attached hydrogens (tertiary/aromatic N) is 1. The van der Waals surface area contributed by atoms with Crippen molar-refractivity contribution >= 4 is 11.6 Å². The molecular weight excluding hydrogens is 253 g/mol. The Morgan fingerprint density at radius 3 is 2.67 bits per heavy atom. The van der Waals surface area contributed by atoms with E-state index in [1.165, 1.54) is 12.1 Å². The molecule has 90 valence electrons. The third kappa shape index (κ3) is 2.61. The van der Waals surface area contributed by atoms with Gasteiger partial charge in [0.05, 0.1) is 5.56 Å². The van der Waals surface area contributed by atoms with Crippen molar-refractivity contribution in [2.45, 2.75) is 6.92 Å². The number of nitriles is 1. The molecule has 2 aromatic carbocycles. The average molecular weight is 262 g/mol. The van der Waals surface area contributed by atoms with Crippen molar-refractivity contribution in [3.8, 4) is 17.6 Å². The van der Waals surface area contributed by atoms with E-state index >= 15 is 0 Å². The van der Waals surface area contributed by atoms with Crippen molar-refractivity contribution in [3.05, 3.63) is 58.4 Å². The van der Waals surface area contributed by atoms with Crippen LogP contribution in [0.25, 0.3) is 0 Å². The van der Waals surface area contributed by atoms with Gasteiger partial charge in [-0.1, -0.05) is 17.7 Å². The van der Waals surface area contributed by atoms with Crippen molar-refractivity contribution in [2.24, 2.45) is 0 Å². The smallest absolute Gasteiger partial charge is 0.145 e. The summed E-state index contributed by atoms with van der Waals surface area (Å²) in [4.78, 5) is 0. The largest absolute Gasteiger partial charge is 0.456 e. The molecule has 0 radical (unpaired) electrons. The molecule has 0 aromatic heterocycles. The first-order valence-electron chi connectivity index (χ1n) is 5.24. The first-order chi connectivity index (χ1) is 8.60. The van der Waals surface area contributed by atoms with Gasteiger partial charge in [0.25, 0.3) is 0 Å². The molecule has 0 aliphatic carbocycles. The molecule has 2 rings (SSSR count). The van der Waals surface area contributed by atoms with Crippen LogP contribution in [0.3, 0.4) is 0 Å². The first-order valence-corrected chi connectivity index (χ1v) is 5.61. The van der Waals surface area contributed by atoms with Gasteiger partial charge in [0.15, 0.2) is 0 Å². The SMILES string of the molecule is Cc1ccc(Oc2ccc(Cl)cc2C#N)cc1F. The normalized spacial score (nSPS) is 9.89. The number of aryl methyl sites for hydroxylation is 1. The molecule has 18 heavy (non-hydrogen) atoms. The van der Waals surface area contributed by atoms with Crippen LogP contribution in [0.1, 0.15) is 11.1 Å². The summed E-state index contributed by atoms with van der Waals surface area (Å²) in [5, 5.41) is 9.41. The van der Waals surface area contributed by atoms with Gasteiger partial charge in [-0.25, -0.2) is 4.39 Å². The Balaban J connectivity index is 2.34. The molecule has 0 heterocycles. The van der Waals surface area contributed by atoms with Gasteiger partial charge in [-0.2, -0.15) is 5.26 Å². The molecule has 0 N–H and O–H groups in total. The number of hydrogen-bond donors (Lipinski definition) is 0. The zero-order chi connectivity index (χ0) is 13.1. The minimum Gasteiger partial charge on any atom is -0.456 e. The predicted octanol–water partition coefficient (Wildman–Crippen LogP) is 4.45. The Kier molecular flexibility index (Phi) is 3.50. The Morgan fingerprint density at radius 1 is 1.22 bits per heavy atom. The molecule has 0 atom stereocenters. The van der Waals surface area contributed by atoms with Crippen LogP contribution in [0.2, 0.25) is 5.02 Å². The third-order valence-corrected chi connectivity index (χ3v) is 2.67. The highest BCUT2D eigenvalue weighted by Crippen LogP contribution is 2.28. The average Bonchev–Trinajstić information content (AvgIpc) is 2.36. The number of rotatable bonds is 2. The van der Waals surface area contributed by atoms with Crippen molar-refractivity contribution < 1.29 is 9.13 Å². The maximum atomic E-state index is 13.4. The fourth-order valence-electron chi connectivity index (χ4n) is 1.44. The molecule has 2 aromatic rings. The summed E-state index contributed by atoms with van der Waals surface area (Å²) < 4.78 is 18.8. The van der Waals surface area contributed by atoms with Crippen LogP contribution in [0.5, 0.6) is 11.5 Å². The molecule has 0 saturated carbocycles. The van der Waals surface area contributed by atoms with Crippen LogP contribution in [0.15, 0.2) is 36.4 Å². The van der Waals surface area contributed by atoms with Crippen LogP contribution < -0.4 is 4.74 Å². The fourth-order valence-corrected chi connectivity index (χ4v) is 1.61. The highest BCUT2D eigenvalue weighted by molar-refractivity contribution is 6.30. The van der Waals surface area contributed by atoms with Gasteiger partial charge >= 0.3 is 0 Å². The predicted molar refractivity (Wildman–Crippen MR) is 67.4 cm³/mol. The van der Waals surface area contributed by atoms with Gasteiger partial charge < -0.3 is 4.74 Å². The summed E-state index contributed by atoms with van der Waals surface area (Å²) in [6, 6.07) is 11.2. The molecule has 0 aliphatic rings. The van der Waals surface area contributed by atoms with Gasteiger partial charge in [-0.3, -0.25) is 0 Å². The quantitative estimate of drug-likeness (QED) is 0.800. The monoisotopic (exact) mass is 261 g/mol. The van der Waals surface area contributed by atoms with E-state index in [-0.39, 0.29) is 5.82 Å². The lowest BCUT2D eigenvalue weighted by molar-refractivity contribution is 0.474. The van der Waals surface area contributed by atoms with Crippen molar-refractivity contribution in [1.82, 2.24) is 0 Å². The van der Waals surface area contributed by atoms with E-state index in [9.17, 15) is 4.39 Å². The molecular formula is C14H9ClFNO. The van der Waals surface area contributed by atoms with Gasteiger partial charge in [0.2, 0.25) is 0 Å². The van der Waals surface area contributed by atoms with Crippen LogP contribution >= 0.6 is 11.6 Å². The van der Waals surface area contributed by atoms with Crippen molar-refractivity contribution in [3.63, 3.8) is 0 Å². The molecule has 0 unspecified atom stereocenters. The van der Waals surface area contributed by atoms with Gasteiger partial charge in [0, 0.05) is 11.1 Å². The minimum atomic E-state index is -0.347. The van der Waals surface area contributed by atoms with E-state index in [2.05, 4.69) is 0 Å². The van der Waals surface area contributed by atoms with E-state index < -0.39 is 0 Å². The number of hydrogen-bond acceptors (Lipinski definition) is 2. The minimum absolute atomic E-state index is 0.309. The maximum absolute atomic E-state index is 13.4. The van der Waals surface area contributed by atoms with E-state index in [1.54, 1.807) is 31.2 Å². The van der Waals surface area contributed by atoms with E-state index in [0.29, 0.717) is 27.6 Å². The van der Waals surface area contributed by atoms with Crippen LogP contribution in [-0.4, -0.2) is 0 Å². The Morgan fingerprint density at radius 2 is 2.00 bits per heavy atom. The van der Waals surface area contributed by atoms with Gasteiger partial charge in [0.1, 0.15) is 23.4 Å². The molecule has 0 fully saturated rings. The molecule has 0 bridgehead atoms. The lowest BCUT2D eigenvalue weighted by Gasteiger charge is -2.08. The summed E-state index contributed by atoms with van der Waals surface area (Å²) in [6.45, 7) is 1.67. The number of halogens is 2. The second-order valence-corrected chi connectivity index (χ2v) is 4.20. The molecule has 0 aliphatic heterocycles. The molecule has 4 heteroatoms. The third-order valence-electron chi connectivity index (χ3n) is 2.43. The lowest BCUT2D eigenvalue weighted by Crippen LogP contribution is -1.90. The number of ether oxygens (including phenoxy) is 1. The lowest BCUT2D eigenvalue weighted by atomic mass is 10.2. The van der Waals surface area contributed by atoms with Crippen LogP contribution in [0.4, 0.5) is 4.39 Å². The molecule has 0 spiro atoms. The first kappa shape index (κ1) is 12.4. The zero-order valence-corrected chi connectivity index (χ0v) is 10.3. The van der Waals surface area contributed by atoms with Gasteiger partial charge in [-0.15, -0.1) is 0 Å². The van der Waals surface area contributed by atoms with Crippen LogP contribution in [0, 0.1) is 24.1 Å². The summed E-state index contributed by atoms with van der Waals surface area (Å²) in [6.07, 6.45) is 0. The molecule has 2 nitrogen and oxygen atoms in total. The van der Waals surface area contributed by atoms with Crippen molar-refractivity contribution in [2.75, 3.05) is 0 Å². The highest BCUT2D eigenvalue weighted by Gasteiger charge is 2.07. The Bertz CT molecular complexity index is 634. The van der Waals surface area contributed by atoms with E-state index in [4.69, 9.17) is 21.6 Å². The molecule has 0 amide bonds. The van der Waals surface area contributed by atoms with E-state index in [0.717, 1.165) is 0 Å². The highest BCUT2D eigenvalue weighted by atomic mass is 35.5. The summed E-state index contributed by atoms with van der Waals surface area (Å²) in [7, 11) is 0. The second kappa shape index (κ2) is 5.07. The topological polar surface area (TPSA) is 33.0 Å². The summed E-state index contributed by atoms with van der Waals surface area (Å²) >= 11 is 5.78. The molecule has 0 saturated heterocycles. The second-order valence-electron chi connectivity index (χ2n) is 3.77. The summed E-state index contributed by atoms with van der Waals surface area (Å²) in [5.74, 6) is 0.349. The van der Waals surface area contributed by atoms with Crippen molar-refractivity contribution in [1.29, 1.82) is 5.26 Å². The Labute approximate surface area is 109 Å². The fraction of sp³-hybridized carbons (Fsp3) is 0.0714.